The highest BCUT2D eigenvalue weighted by Gasteiger charge is 2.41. The van der Waals surface area contributed by atoms with Gasteiger partial charge in [-0.1, -0.05) is 42.5 Å². The number of carbonyl (C=O) groups excluding carboxylic acids is 1. The van der Waals surface area contributed by atoms with Gasteiger partial charge in [0.2, 0.25) is 0 Å². The average Bonchev–Trinajstić information content (AvgIpc) is 2.98. The molecule has 0 spiro atoms. The predicted molar refractivity (Wildman–Crippen MR) is 84.7 cm³/mol. The molecule has 1 atom stereocenters. The lowest BCUT2D eigenvalue weighted by molar-refractivity contribution is -0.387. The zero-order valence-electron chi connectivity index (χ0n) is 12.3. The Kier molecular flexibility index (Phi) is 3.94. The van der Waals surface area contributed by atoms with Crippen molar-refractivity contribution in [3.63, 3.8) is 0 Å². The summed E-state index contributed by atoms with van der Waals surface area (Å²) < 4.78 is 26.0. The second-order valence-electron chi connectivity index (χ2n) is 5.17. The molecule has 124 valence electrons. The van der Waals surface area contributed by atoms with E-state index in [9.17, 15) is 23.3 Å². The van der Waals surface area contributed by atoms with Crippen LogP contribution in [0.2, 0.25) is 0 Å². The average molecular weight is 347 g/mol. The van der Waals surface area contributed by atoms with Crippen molar-refractivity contribution in [2.75, 3.05) is 6.54 Å². The molecule has 2 amide bonds. The lowest BCUT2D eigenvalue weighted by atomic mass is 10.1. The van der Waals surface area contributed by atoms with E-state index in [0.717, 1.165) is 17.7 Å². The summed E-state index contributed by atoms with van der Waals surface area (Å²) in [4.78, 5) is 21.9. The largest absolute Gasteiger partial charge is 0.331 e. The zero-order chi connectivity index (χ0) is 17.3. The van der Waals surface area contributed by atoms with Crippen molar-refractivity contribution in [3.8, 4) is 0 Å². The molecule has 1 unspecified atom stereocenters. The number of amides is 2. The number of nitro groups is 1. The van der Waals surface area contributed by atoms with Crippen LogP contribution in [0.3, 0.4) is 0 Å². The maximum atomic E-state index is 12.7. The van der Waals surface area contributed by atoms with Crippen LogP contribution in [0.4, 0.5) is 10.5 Å². The van der Waals surface area contributed by atoms with Crippen LogP contribution >= 0.6 is 0 Å². The molecule has 0 bridgehead atoms. The standard InChI is InChI=1S/C15H13N3O5S/c19-15-16-12(11-6-2-1-3-7-11)10-17(15)24(22,23)14-9-5-4-8-13(14)18(20)21/h1-9,12H,10H2,(H,16,19). The van der Waals surface area contributed by atoms with Crippen LogP contribution in [0.5, 0.6) is 0 Å². The summed E-state index contributed by atoms with van der Waals surface area (Å²) in [6.07, 6.45) is 0. The number of nitrogens with zero attached hydrogens (tertiary/aromatic N) is 2. The normalized spacial score (nSPS) is 17.6. The first-order chi connectivity index (χ1) is 11.4. The number of hydrogen-bond acceptors (Lipinski definition) is 5. The molecule has 1 fully saturated rings. The van der Waals surface area contributed by atoms with E-state index in [2.05, 4.69) is 5.32 Å². The van der Waals surface area contributed by atoms with E-state index in [4.69, 9.17) is 0 Å². The van der Waals surface area contributed by atoms with Gasteiger partial charge in [0.1, 0.15) is 0 Å². The van der Waals surface area contributed by atoms with Crippen LogP contribution in [-0.4, -0.2) is 30.2 Å². The molecule has 0 aromatic heterocycles. The minimum Gasteiger partial charge on any atom is -0.328 e. The molecule has 1 saturated heterocycles. The van der Waals surface area contributed by atoms with Gasteiger partial charge in [0.15, 0.2) is 4.90 Å². The molecule has 1 heterocycles. The first kappa shape index (κ1) is 15.9. The quantitative estimate of drug-likeness (QED) is 0.672. The molecule has 0 radical (unpaired) electrons. The maximum absolute atomic E-state index is 12.7. The maximum Gasteiger partial charge on any atom is 0.331 e. The Morgan fingerprint density at radius 3 is 2.38 bits per heavy atom. The minimum absolute atomic E-state index is 0.128. The second-order valence-corrected chi connectivity index (χ2v) is 7.00. The van der Waals surface area contributed by atoms with E-state index in [-0.39, 0.29) is 6.54 Å². The van der Waals surface area contributed by atoms with Crippen LogP contribution in [0.1, 0.15) is 11.6 Å². The fraction of sp³-hybridized carbons (Fsp3) is 0.133. The topological polar surface area (TPSA) is 110 Å². The van der Waals surface area contributed by atoms with E-state index >= 15 is 0 Å². The zero-order valence-corrected chi connectivity index (χ0v) is 13.1. The Labute approximate surface area is 137 Å². The third kappa shape index (κ3) is 2.69. The molecule has 1 N–H and O–H groups in total. The van der Waals surface area contributed by atoms with Crippen molar-refractivity contribution >= 4 is 21.7 Å². The Hall–Kier alpha value is -2.94. The molecule has 0 saturated carbocycles. The van der Waals surface area contributed by atoms with Crippen molar-refractivity contribution < 1.29 is 18.1 Å². The van der Waals surface area contributed by atoms with E-state index in [1.165, 1.54) is 12.1 Å². The summed E-state index contributed by atoms with van der Waals surface area (Å²) in [5.74, 6) is 0. The summed E-state index contributed by atoms with van der Waals surface area (Å²) in [5, 5.41) is 13.7. The highest BCUT2D eigenvalue weighted by molar-refractivity contribution is 7.89. The monoisotopic (exact) mass is 347 g/mol. The van der Waals surface area contributed by atoms with E-state index in [1.54, 1.807) is 24.3 Å². The number of benzene rings is 2. The molecule has 8 nitrogen and oxygen atoms in total. The Bertz CT molecular complexity index is 898. The van der Waals surface area contributed by atoms with Crippen LogP contribution in [0.25, 0.3) is 0 Å². The van der Waals surface area contributed by atoms with Crippen molar-refractivity contribution in [2.24, 2.45) is 0 Å². The van der Waals surface area contributed by atoms with Crippen molar-refractivity contribution in [2.45, 2.75) is 10.9 Å². The number of para-hydroxylation sites is 1. The number of nitro benzene ring substituents is 1. The van der Waals surface area contributed by atoms with Crippen LogP contribution in [0, 0.1) is 10.1 Å². The molecule has 1 aliphatic heterocycles. The lowest BCUT2D eigenvalue weighted by Gasteiger charge is -2.15. The van der Waals surface area contributed by atoms with Gasteiger partial charge in [-0.05, 0) is 11.6 Å². The number of rotatable bonds is 4. The van der Waals surface area contributed by atoms with Crippen molar-refractivity contribution in [3.05, 3.63) is 70.3 Å². The highest BCUT2D eigenvalue weighted by atomic mass is 32.2. The first-order valence-electron chi connectivity index (χ1n) is 7.03. The van der Waals surface area contributed by atoms with Gasteiger partial charge in [-0.3, -0.25) is 10.1 Å². The summed E-state index contributed by atoms with van der Waals surface area (Å²) in [5.41, 5.74) is 0.194. The molecular weight excluding hydrogens is 334 g/mol. The molecule has 0 aliphatic carbocycles. The van der Waals surface area contributed by atoms with Gasteiger partial charge in [0, 0.05) is 6.07 Å². The van der Waals surface area contributed by atoms with Gasteiger partial charge in [0.05, 0.1) is 17.5 Å². The fourth-order valence-electron chi connectivity index (χ4n) is 2.54. The van der Waals surface area contributed by atoms with E-state index < -0.39 is 37.6 Å². The summed E-state index contributed by atoms with van der Waals surface area (Å²) in [7, 11) is -4.32. The molecule has 9 heteroatoms. The highest BCUT2D eigenvalue weighted by Crippen LogP contribution is 2.30. The number of urea groups is 1. The lowest BCUT2D eigenvalue weighted by Crippen LogP contribution is -2.34. The molecule has 3 rings (SSSR count). The van der Waals surface area contributed by atoms with Crippen molar-refractivity contribution in [1.82, 2.24) is 9.62 Å². The minimum atomic E-state index is -4.32. The Morgan fingerprint density at radius 1 is 1.08 bits per heavy atom. The number of hydrogen-bond donors (Lipinski definition) is 1. The molecule has 24 heavy (non-hydrogen) atoms. The SMILES string of the molecule is O=C1NC(c2ccccc2)CN1S(=O)(=O)c1ccccc1[N+](=O)[O-]. The summed E-state index contributed by atoms with van der Waals surface area (Å²) >= 11 is 0. The smallest absolute Gasteiger partial charge is 0.328 e. The van der Waals surface area contributed by atoms with Gasteiger partial charge in [-0.15, -0.1) is 0 Å². The van der Waals surface area contributed by atoms with Gasteiger partial charge in [-0.2, -0.15) is 0 Å². The fourth-order valence-corrected chi connectivity index (χ4v) is 4.05. The van der Waals surface area contributed by atoms with E-state index in [1.807, 2.05) is 6.07 Å². The van der Waals surface area contributed by atoms with Crippen LogP contribution in [-0.2, 0) is 10.0 Å². The van der Waals surface area contributed by atoms with Gasteiger partial charge < -0.3 is 5.32 Å². The third-order valence-corrected chi connectivity index (χ3v) is 5.50. The number of carbonyl (C=O) groups is 1. The Balaban J connectivity index is 1.97. The van der Waals surface area contributed by atoms with Crippen molar-refractivity contribution in [1.29, 1.82) is 0 Å². The third-order valence-electron chi connectivity index (χ3n) is 3.70. The van der Waals surface area contributed by atoms with Gasteiger partial charge in [0.25, 0.3) is 15.7 Å². The summed E-state index contributed by atoms with van der Waals surface area (Å²) in [6.45, 7) is -0.128. The summed E-state index contributed by atoms with van der Waals surface area (Å²) in [6, 6.07) is 12.6. The number of sulfonamides is 1. The van der Waals surface area contributed by atoms with Gasteiger partial charge >= 0.3 is 6.03 Å². The van der Waals surface area contributed by atoms with Gasteiger partial charge in [-0.25, -0.2) is 17.5 Å². The Morgan fingerprint density at radius 2 is 1.71 bits per heavy atom. The number of nitrogens with one attached hydrogen (secondary N) is 1. The molecule has 2 aromatic carbocycles. The van der Waals surface area contributed by atoms with E-state index in [0.29, 0.717) is 4.31 Å². The van der Waals surface area contributed by atoms with Crippen LogP contribution < -0.4 is 5.32 Å². The first-order valence-corrected chi connectivity index (χ1v) is 8.47. The molecule has 2 aromatic rings. The second kappa shape index (κ2) is 5.93. The predicted octanol–water partition coefficient (Wildman–Crippen LogP) is 2.05. The molecule has 1 aliphatic rings. The van der Waals surface area contributed by atoms with Crippen LogP contribution in [0.15, 0.2) is 59.5 Å². The molecular formula is C15H13N3O5S.